The number of carbonyl (C=O) groups excluding carboxylic acids is 2. The lowest BCUT2D eigenvalue weighted by molar-refractivity contribution is -0.138. The average Bonchev–Trinajstić information content (AvgIpc) is 3.28. The second-order valence-electron chi connectivity index (χ2n) is 7.11. The molecule has 0 aliphatic carbocycles. The molecular formula is C22H24Cl2F4N4O3S. The molecule has 1 aromatic carbocycles. The van der Waals surface area contributed by atoms with Gasteiger partial charge in [-0.15, -0.1) is 18.3 Å². The highest BCUT2D eigenvalue weighted by Crippen LogP contribution is 2.33. The largest absolute Gasteiger partial charge is 0.459 e. The monoisotopic (exact) mass is 570 g/mol. The Bertz CT molecular complexity index is 1010. The van der Waals surface area contributed by atoms with E-state index < -0.39 is 34.4 Å². The Balaban J connectivity index is 0.000000457. The van der Waals surface area contributed by atoms with Crippen molar-refractivity contribution in [3.63, 3.8) is 0 Å². The molecule has 14 heteroatoms. The maximum atomic E-state index is 13.0. The Morgan fingerprint density at radius 1 is 1.11 bits per heavy atom. The van der Waals surface area contributed by atoms with E-state index in [1.54, 1.807) is 26.0 Å². The van der Waals surface area contributed by atoms with E-state index in [2.05, 4.69) is 23.4 Å². The molecule has 2 amide bonds. The first-order valence-electron chi connectivity index (χ1n) is 10.2. The van der Waals surface area contributed by atoms with Crippen LogP contribution in [0.25, 0.3) is 0 Å². The zero-order valence-electron chi connectivity index (χ0n) is 19.3. The number of benzene rings is 1. The van der Waals surface area contributed by atoms with Gasteiger partial charge in [0.2, 0.25) is 5.01 Å². The van der Waals surface area contributed by atoms with E-state index in [4.69, 9.17) is 27.9 Å². The molecule has 1 heterocycles. The van der Waals surface area contributed by atoms with Crippen LogP contribution < -0.4 is 9.64 Å². The van der Waals surface area contributed by atoms with E-state index in [0.29, 0.717) is 18.8 Å². The predicted molar refractivity (Wildman–Crippen MR) is 132 cm³/mol. The van der Waals surface area contributed by atoms with Crippen molar-refractivity contribution in [1.82, 2.24) is 15.1 Å². The van der Waals surface area contributed by atoms with Crippen LogP contribution >= 0.6 is 34.5 Å². The number of halogens is 6. The lowest BCUT2D eigenvalue weighted by Crippen LogP contribution is -2.40. The summed E-state index contributed by atoms with van der Waals surface area (Å²) in [5, 5.41) is 4.72. The van der Waals surface area contributed by atoms with Gasteiger partial charge >= 0.3 is 6.18 Å². The fourth-order valence-corrected chi connectivity index (χ4v) is 3.45. The molecule has 0 radical (unpaired) electrons. The number of ether oxygens (including phenoxy) is 1. The number of carbonyl (C=O) groups is 2. The fraction of sp³-hybridized carbons (Fsp3) is 0.364. The van der Waals surface area contributed by atoms with Crippen LogP contribution in [0.4, 0.5) is 23.2 Å². The van der Waals surface area contributed by atoms with Crippen LogP contribution in [0.5, 0.6) is 5.19 Å². The Kier molecular flexibility index (Phi) is 12.8. The average molecular weight is 571 g/mol. The minimum absolute atomic E-state index is 0.210. The topological polar surface area (TPSA) is 75.6 Å². The maximum Gasteiger partial charge on any atom is 0.445 e. The third-order valence-electron chi connectivity index (χ3n) is 4.06. The summed E-state index contributed by atoms with van der Waals surface area (Å²) in [5.41, 5.74) is 0.452. The first-order valence-corrected chi connectivity index (χ1v) is 11.9. The molecule has 2 rings (SSSR count). The molecule has 0 fully saturated rings. The molecule has 36 heavy (non-hydrogen) atoms. The van der Waals surface area contributed by atoms with Crippen molar-refractivity contribution in [2.45, 2.75) is 30.9 Å². The van der Waals surface area contributed by atoms with Crippen LogP contribution in [0.15, 0.2) is 49.6 Å². The normalized spacial score (nSPS) is 10.9. The third-order valence-corrected chi connectivity index (χ3v) is 5.31. The summed E-state index contributed by atoms with van der Waals surface area (Å²) in [6.07, 6.45) is -1.39. The minimum atomic E-state index is -4.61. The maximum absolute atomic E-state index is 13.0. The van der Waals surface area contributed by atoms with Crippen molar-refractivity contribution in [3.05, 3.63) is 60.4 Å². The van der Waals surface area contributed by atoms with Gasteiger partial charge < -0.3 is 14.5 Å². The summed E-state index contributed by atoms with van der Waals surface area (Å²) >= 11 is 11.0. The van der Waals surface area contributed by atoms with Crippen molar-refractivity contribution in [2.24, 2.45) is 0 Å². The molecule has 2 aromatic rings. The number of hydrogen-bond acceptors (Lipinski definition) is 6. The van der Waals surface area contributed by atoms with Gasteiger partial charge in [0, 0.05) is 24.8 Å². The summed E-state index contributed by atoms with van der Waals surface area (Å²) < 4.78 is 55.3. The van der Waals surface area contributed by atoms with Gasteiger partial charge in [-0.25, -0.2) is 4.39 Å². The van der Waals surface area contributed by atoms with Crippen LogP contribution in [-0.4, -0.2) is 57.5 Å². The van der Waals surface area contributed by atoms with Crippen LogP contribution in [0.3, 0.4) is 0 Å². The Hall–Kier alpha value is -2.70. The Morgan fingerprint density at radius 3 is 2.08 bits per heavy atom. The standard InChI is InChI=1S/C14H13F4N3O2S.C8H11Cl2NO/c1-8(2)21(10-5-3-9(15)4-6-10)11(22)7-23-13-20-19-12(24-13)14(16,17)18;1-3-5-11(6-4-2)8(12)7(9)10/h3-6,8H,7H2,1-2H3;3-4,7H,1-2,5-6H2. The number of rotatable bonds is 10. The molecule has 198 valence electrons. The molecule has 7 nitrogen and oxygen atoms in total. The lowest BCUT2D eigenvalue weighted by atomic mass is 10.2. The van der Waals surface area contributed by atoms with Crippen molar-refractivity contribution in [2.75, 3.05) is 24.6 Å². The van der Waals surface area contributed by atoms with Crippen molar-refractivity contribution < 1.29 is 31.9 Å². The summed E-state index contributed by atoms with van der Waals surface area (Å²) in [7, 11) is 0. The van der Waals surface area contributed by atoms with Crippen LogP contribution in [0.1, 0.15) is 18.9 Å². The Labute approximate surface area is 219 Å². The van der Waals surface area contributed by atoms with E-state index in [1.807, 2.05) is 0 Å². The Morgan fingerprint density at radius 2 is 1.67 bits per heavy atom. The molecule has 0 spiro atoms. The summed E-state index contributed by atoms with van der Waals surface area (Å²) in [6.45, 7) is 10.9. The van der Waals surface area contributed by atoms with Gasteiger partial charge in [0.05, 0.1) is 0 Å². The smallest absolute Gasteiger partial charge is 0.445 e. The van der Waals surface area contributed by atoms with Crippen LogP contribution in [0.2, 0.25) is 0 Å². The van der Waals surface area contributed by atoms with Gasteiger partial charge in [-0.2, -0.15) is 13.2 Å². The number of hydrogen-bond donors (Lipinski definition) is 0. The molecule has 1 aromatic heterocycles. The van der Waals surface area contributed by atoms with E-state index in [9.17, 15) is 27.2 Å². The van der Waals surface area contributed by atoms with Gasteiger partial charge in [0.25, 0.3) is 17.0 Å². The van der Waals surface area contributed by atoms with Crippen LogP contribution in [0, 0.1) is 5.82 Å². The van der Waals surface area contributed by atoms with Gasteiger partial charge in [0.15, 0.2) is 11.4 Å². The highest BCUT2D eigenvalue weighted by Gasteiger charge is 2.36. The zero-order chi connectivity index (χ0) is 27.5. The van der Waals surface area contributed by atoms with E-state index >= 15 is 0 Å². The van der Waals surface area contributed by atoms with Crippen molar-refractivity contribution in [3.8, 4) is 5.19 Å². The second kappa shape index (κ2) is 14.8. The number of amides is 2. The first kappa shape index (κ1) is 31.3. The van der Waals surface area contributed by atoms with E-state index in [0.717, 1.165) is 0 Å². The molecular weight excluding hydrogens is 547 g/mol. The second-order valence-corrected chi connectivity index (χ2v) is 9.15. The highest BCUT2D eigenvalue weighted by molar-refractivity contribution is 7.13. The first-order chi connectivity index (χ1) is 16.8. The highest BCUT2D eigenvalue weighted by atomic mass is 35.5. The molecule has 0 bridgehead atoms. The number of nitrogens with zero attached hydrogens (tertiary/aromatic N) is 4. The van der Waals surface area contributed by atoms with Crippen molar-refractivity contribution >= 4 is 52.0 Å². The predicted octanol–water partition coefficient (Wildman–Crippen LogP) is 5.51. The summed E-state index contributed by atoms with van der Waals surface area (Å²) in [4.78, 5) is 25.3. The van der Waals surface area contributed by atoms with Gasteiger partial charge in [0.1, 0.15) is 5.82 Å². The van der Waals surface area contributed by atoms with E-state index in [-0.39, 0.29) is 28.5 Å². The summed E-state index contributed by atoms with van der Waals surface area (Å²) in [6, 6.07) is 5.02. The molecule has 0 aliphatic heterocycles. The molecule has 0 saturated heterocycles. The summed E-state index contributed by atoms with van der Waals surface area (Å²) in [5.74, 6) is -1.27. The van der Waals surface area contributed by atoms with Gasteiger partial charge in [-0.3, -0.25) is 9.59 Å². The molecule has 0 saturated carbocycles. The van der Waals surface area contributed by atoms with Crippen LogP contribution in [-0.2, 0) is 15.8 Å². The van der Waals surface area contributed by atoms with Gasteiger partial charge in [-0.1, -0.05) is 51.8 Å². The number of anilines is 1. The third kappa shape index (κ3) is 10.1. The minimum Gasteiger partial charge on any atom is -0.459 e. The number of alkyl halides is 5. The SMILES string of the molecule is C=CCN(CC=C)C(=O)C(Cl)Cl.CC(C)N(C(=O)COc1nnc(C(F)(F)F)s1)c1ccc(F)cc1. The fourth-order valence-electron chi connectivity index (χ4n) is 2.61. The molecule has 0 aliphatic rings. The number of aromatic nitrogens is 2. The zero-order valence-corrected chi connectivity index (χ0v) is 21.7. The van der Waals surface area contributed by atoms with Crippen molar-refractivity contribution in [1.29, 1.82) is 0 Å². The quantitative estimate of drug-likeness (QED) is 0.214. The van der Waals surface area contributed by atoms with Gasteiger partial charge in [-0.05, 0) is 38.1 Å². The van der Waals surface area contributed by atoms with E-state index in [1.165, 1.54) is 34.1 Å². The molecule has 0 N–H and O–H groups in total. The molecule has 0 atom stereocenters. The lowest BCUT2D eigenvalue weighted by Gasteiger charge is -2.26. The molecule has 0 unspecified atom stereocenters.